The van der Waals surface area contributed by atoms with Gasteiger partial charge in [-0.25, -0.2) is 19.2 Å². The van der Waals surface area contributed by atoms with E-state index in [0.717, 1.165) is 43.2 Å². The molecule has 11 heteroatoms. The van der Waals surface area contributed by atoms with Crippen molar-refractivity contribution in [1.29, 1.82) is 5.26 Å². The number of hydrogen-bond acceptors (Lipinski definition) is 7. The lowest BCUT2D eigenvalue weighted by Crippen LogP contribution is -2.33. The van der Waals surface area contributed by atoms with Crippen LogP contribution in [0.2, 0.25) is 5.02 Å². The van der Waals surface area contributed by atoms with Gasteiger partial charge in [-0.1, -0.05) is 23.7 Å². The number of carboxylic acid groups (broad SMARTS) is 1. The molecule has 1 unspecified atom stereocenters. The van der Waals surface area contributed by atoms with Crippen molar-refractivity contribution in [1.82, 2.24) is 19.4 Å². The predicted molar refractivity (Wildman–Crippen MR) is 151 cm³/mol. The van der Waals surface area contributed by atoms with Crippen LogP contribution in [0.15, 0.2) is 48.5 Å². The molecule has 0 bridgehead atoms. The Morgan fingerprint density at radius 3 is 2.69 bits per heavy atom. The average molecular weight is 588 g/mol. The summed E-state index contributed by atoms with van der Waals surface area (Å²) in [6.45, 7) is 3.80. The van der Waals surface area contributed by atoms with Gasteiger partial charge in [0.15, 0.2) is 0 Å². The van der Waals surface area contributed by atoms with E-state index in [0.29, 0.717) is 52.8 Å². The van der Waals surface area contributed by atoms with Gasteiger partial charge < -0.3 is 19.1 Å². The SMILES string of the molecule is N#Cc1ccc(COc2cccc(C3[C@H]4CN(Cc5nc6c(Cl)cc(C(=O)O)cc6n5C[C@@H]5CCO5)C[C@@H]34)n2)c(F)c1. The molecule has 2 saturated heterocycles. The van der Waals surface area contributed by atoms with Gasteiger partial charge >= 0.3 is 5.97 Å². The Balaban J connectivity index is 1.03. The number of carboxylic acids is 1. The number of halogens is 2. The van der Waals surface area contributed by atoms with Gasteiger partial charge in [-0.05, 0) is 48.6 Å². The molecule has 7 rings (SSSR count). The fourth-order valence-electron chi connectivity index (χ4n) is 6.27. The number of ether oxygens (including phenoxy) is 2. The summed E-state index contributed by atoms with van der Waals surface area (Å²) in [4.78, 5) is 23.6. The molecule has 1 aliphatic carbocycles. The number of hydrogen-bond donors (Lipinski definition) is 1. The molecule has 0 amide bonds. The van der Waals surface area contributed by atoms with Gasteiger partial charge in [0.2, 0.25) is 5.88 Å². The lowest BCUT2D eigenvalue weighted by Gasteiger charge is -2.28. The third kappa shape index (κ3) is 4.98. The average Bonchev–Trinajstić information content (AvgIpc) is 3.27. The van der Waals surface area contributed by atoms with Crippen LogP contribution in [-0.2, 0) is 24.4 Å². The molecule has 3 aliphatic rings. The highest BCUT2D eigenvalue weighted by molar-refractivity contribution is 6.35. The van der Waals surface area contributed by atoms with Crippen molar-refractivity contribution < 1.29 is 23.8 Å². The fourth-order valence-corrected chi connectivity index (χ4v) is 6.53. The monoisotopic (exact) mass is 587 g/mol. The summed E-state index contributed by atoms with van der Waals surface area (Å²) in [5.74, 6) is 1.08. The van der Waals surface area contributed by atoms with Gasteiger partial charge in [0.25, 0.3) is 0 Å². The highest BCUT2D eigenvalue weighted by atomic mass is 35.5. The Morgan fingerprint density at radius 1 is 1.19 bits per heavy atom. The van der Waals surface area contributed by atoms with E-state index < -0.39 is 11.8 Å². The van der Waals surface area contributed by atoms with Crippen LogP contribution in [0.3, 0.4) is 0 Å². The zero-order valence-electron chi connectivity index (χ0n) is 22.5. The Bertz CT molecular complexity index is 1740. The summed E-state index contributed by atoms with van der Waals surface area (Å²) < 4.78 is 27.8. The van der Waals surface area contributed by atoms with E-state index in [1.54, 1.807) is 24.3 Å². The number of rotatable bonds is 9. The number of fused-ring (bicyclic) bond motifs is 2. The summed E-state index contributed by atoms with van der Waals surface area (Å²) in [6, 6.07) is 15.1. The molecule has 1 saturated carbocycles. The summed E-state index contributed by atoms with van der Waals surface area (Å²) in [7, 11) is 0. The first-order valence-corrected chi connectivity index (χ1v) is 14.3. The summed E-state index contributed by atoms with van der Waals surface area (Å²) in [5, 5.41) is 18.8. The highest BCUT2D eigenvalue weighted by Gasteiger charge is 2.57. The van der Waals surface area contributed by atoms with Crippen molar-refractivity contribution in [2.75, 3.05) is 19.7 Å². The van der Waals surface area contributed by atoms with Crippen molar-refractivity contribution in [3.05, 3.63) is 87.6 Å². The van der Waals surface area contributed by atoms with Gasteiger partial charge in [0.05, 0.1) is 46.9 Å². The molecule has 2 aromatic carbocycles. The van der Waals surface area contributed by atoms with E-state index >= 15 is 0 Å². The molecule has 4 heterocycles. The van der Waals surface area contributed by atoms with Crippen molar-refractivity contribution in [3.8, 4) is 11.9 Å². The summed E-state index contributed by atoms with van der Waals surface area (Å²) in [5.41, 5.74) is 3.09. The zero-order valence-corrected chi connectivity index (χ0v) is 23.3. The molecule has 2 aromatic heterocycles. The number of carbonyl (C=O) groups is 1. The number of nitrogens with zero attached hydrogens (tertiary/aromatic N) is 5. The number of likely N-dealkylation sites (tertiary alicyclic amines) is 1. The molecular weight excluding hydrogens is 561 g/mol. The lowest BCUT2D eigenvalue weighted by molar-refractivity contribution is -0.0591. The van der Waals surface area contributed by atoms with Crippen LogP contribution in [0, 0.1) is 29.0 Å². The number of imidazole rings is 1. The molecule has 1 N–H and O–H groups in total. The Hall–Kier alpha value is -4.04. The Labute approximate surface area is 246 Å². The first-order valence-electron chi connectivity index (χ1n) is 13.9. The van der Waals surface area contributed by atoms with E-state index in [4.69, 9.17) is 36.3 Å². The van der Waals surface area contributed by atoms with Gasteiger partial charge in [0, 0.05) is 42.9 Å². The molecule has 2 aliphatic heterocycles. The largest absolute Gasteiger partial charge is 0.478 e. The second kappa shape index (κ2) is 10.7. The fraction of sp³-hybridized carbons (Fsp3) is 0.355. The van der Waals surface area contributed by atoms with E-state index in [-0.39, 0.29) is 23.8 Å². The molecule has 0 spiro atoms. The molecule has 3 fully saturated rings. The van der Waals surface area contributed by atoms with Crippen molar-refractivity contribution in [2.24, 2.45) is 11.8 Å². The van der Waals surface area contributed by atoms with Crippen molar-refractivity contribution in [2.45, 2.75) is 38.1 Å². The minimum absolute atomic E-state index is 0.0319. The topological polar surface area (TPSA) is 114 Å². The lowest BCUT2D eigenvalue weighted by atomic mass is 10.1. The van der Waals surface area contributed by atoms with Crippen LogP contribution in [0.4, 0.5) is 4.39 Å². The minimum Gasteiger partial charge on any atom is -0.478 e. The van der Waals surface area contributed by atoms with E-state index in [1.807, 2.05) is 18.2 Å². The quantitative estimate of drug-likeness (QED) is 0.291. The third-order valence-corrected chi connectivity index (χ3v) is 8.88. The van der Waals surface area contributed by atoms with Crippen molar-refractivity contribution >= 4 is 28.6 Å². The number of pyridine rings is 1. The Morgan fingerprint density at radius 2 is 2.00 bits per heavy atom. The maximum absolute atomic E-state index is 14.2. The second-order valence-corrected chi connectivity index (χ2v) is 11.6. The summed E-state index contributed by atoms with van der Waals surface area (Å²) in [6.07, 6.45) is 1.04. The second-order valence-electron chi connectivity index (χ2n) is 11.2. The van der Waals surface area contributed by atoms with E-state index in [2.05, 4.69) is 9.47 Å². The first kappa shape index (κ1) is 26.8. The van der Waals surface area contributed by atoms with Crippen LogP contribution in [0.1, 0.15) is 45.3 Å². The zero-order chi connectivity index (χ0) is 29.0. The van der Waals surface area contributed by atoms with Crippen LogP contribution in [0.5, 0.6) is 5.88 Å². The van der Waals surface area contributed by atoms with Crippen LogP contribution in [0.25, 0.3) is 11.0 Å². The maximum atomic E-state index is 14.2. The number of nitriles is 1. The molecule has 9 nitrogen and oxygen atoms in total. The van der Waals surface area contributed by atoms with Crippen LogP contribution < -0.4 is 4.74 Å². The number of aromatic nitrogens is 3. The molecule has 4 atom stereocenters. The van der Waals surface area contributed by atoms with Crippen molar-refractivity contribution in [3.63, 3.8) is 0 Å². The Kier molecular flexibility index (Phi) is 6.81. The molecule has 4 aromatic rings. The molecule has 0 radical (unpaired) electrons. The standard InChI is InChI=1S/C31H27ClFN5O4/c32-23-9-19(31(39)40)10-26-30(23)36-27(38(26)12-20-6-7-41-20)15-37-13-21-22(14-37)29(21)25-2-1-3-28(35-25)42-16-18-5-4-17(11-34)8-24(18)33/h1-5,8-10,20-22,29H,6-7,12-16H2,(H,39,40)/t20-,21-,22+,29?/m0/s1. The van der Waals surface area contributed by atoms with Gasteiger partial charge in [-0.2, -0.15) is 5.26 Å². The first-order chi connectivity index (χ1) is 20.4. The van der Waals surface area contributed by atoms with Crippen LogP contribution in [-0.4, -0.2) is 56.3 Å². The maximum Gasteiger partial charge on any atom is 0.335 e. The molecule has 214 valence electrons. The smallest absolute Gasteiger partial charge is 0.335 e. The minimum atomic E-state index is -1.02. The van der Waals surface area contributed by atoms with Gasteiger partial charge in [-0.3, -0.25) is 4.90 Å². The third-order valence-electron chi connectivity index (χ3n) is 8.59. The van der Waals surface area contributed by atoms with Gasteiger partial charge in [-0.15, -0.1) is 0 Å². The normalized spacial score (nSPS) is 22.9. The molecular formula is C31H27ClFN5O4. The number of benzene rings is 2. The van der Waals surface area contributed by atoms with E-state index in [9.17, 15) is 14.3 Å². The summed E-state index contributed by atoms with van der Waals surface area (Å²) >= 11 is 6.47. The van der Waals surface area contributed by atoms with Gasteiger partial charge in [0.1, 0.15) is 23.8 Å². The highest BCUT2D eigenvalue weighted by Crippen LogP contribution is 2.58. The number of piperidine rings is 1. The number of aromatic carboxylic acids is 1. The molecule has 42 heavy (non-hydrogen) atoms. The predicted octanol–water partition coefficient (Wildman–Crippen LogP) is 5.01. The van der Waals surface area contributed by atoms with Crippen LogP contribution >= 0.6 is 11.6 Å². The van der Waals surface area contributed by atoms with E-state index in [1.165, 1.54) is 12.1 Å².